The van der Waals surface area contributed by atoms with E-state index in [1.165, 1.54) is 10.6 Å². The molecule has 5 heteroatoms. The molecular formula is C15H13N3O2. The molecule has 2 heterocycles. The van der Waals surface area contributed by atoms with E-state index >= 15 is 0 Å². The monoisotopic (exact) mass is 267 g/mol. The summed E-state index contributed by atoms with van der Waals surface area (Å²) < 4.78 is 3.30. The second-order valence-electron chi connectivity index (χ2n) is 5.17. The van der Waals surface area contributed by atoms with Crippen molar-refractivity contribution in [1.82, 2.24) is 14.2 Å². The zero-order chi connectivity index (χ0) is 13.7. The fourth-order valence-electron chi connectivity index (χ4n) is 2.64. The van der Waals surface area contributed by atoms with Gasteiger partial charge in [-0.15, -0.1) is 0 Å². The van der Waals surface area contributed by atoms with E-state index in [1.54, 1.807) is 6.07 Å². The molecule has 1 saturated carbocycles. The Bertz CT molecular complexity index is 898. The molecule has 1 aliphatic rings. The van der Waals surface area contributed by atoms with E-state index in [-0.39, 0.29) is 11.1 Å². The molecule has 1 aliphatic carbocycles. The number of hydrogen-bond donors (Lipinski definition) is 1. The van der Waals surface area contributed by atoms with Crippen LogP contribution in [0, 0.1) is 0 Å². The lowest BCUT2D eigenvalue weighted by Crippen LogP contribution is -2.20. The van der Waals surface area contributed by atoms with Crippen LogP contribution in [-0.4, -0.2) is 14.2 Å². The quantitative estimate of drug-likeness (QED) is 0.767. The van der Waals surface area contributed by atoms with Gasteiger partial charge in [-0.3, -0.25) is 19.3 Å². The predicted octanol–water partition coefficient (Wildman–Crippen LogP) is 1.66. The smallest absolute Gasteiger partial charge is 0.272 e. The largest absolute Gasteiger partial charge is 0.298 e. The topological polar surface area (TPSA) is 59.3 Å². The van der Waals surface area contributed by atoms with E-state index in [2.05, 4.69) is 5.10 Å². The van der Waals surface area contributed by atoms with Crippen molar-refractivity contribution in [1.29, 1.82) is 0 Å². The minimum absolute atomic E-state index is 0.184. The number of fused-ring (bicyclic) bond motifs is 1. The second-order valence-corrected chi connectivity index (χ2v) is 5.17. The molecular weight excluding hydrogens is 254 g/mol. The molecule has 0 unspecified atom stereocenters. The summed E-state index contributed by atoms with van der Waals surface area (Å²) in [6, 6.07) is 12.9. The van der Waals surface area contributed by atoms with Gasteiger partial charge in [-0.25, -0.2) is 0 Å². The molecule has 0 aliphatic heterocycles. The third-order valence-electron chi connectivity index (χ3n) is 3.70. The van der Waals surface area contributed by atoms with Gasteiger partial charge in [0.1, 0.15) is 5.65 Å². The van der Waals surface area contributed by atoms with Crippen molar-refractivity contribution in [2.45, 2.75) is 18.8 Å². The fraction of sp³-hybridized carbons (Fsp3) is 0.200. The summed E-state index contributed by atoms with van der Waals surface area (Å²) in [7, 11) is 0. The zero-order valence-corrected chi connectivity index (χ0v) is 10.7. The molecule has 1 fully saturated rings. The third kappa shape index (κ3) is 1.63. The Labute approximate surface area is 114 Å². The molecule has 0 atom stereocenters. The van der Waals surface area contributed by atoms with Crippen molar-refractivity contribution in [2.75, 3.05) is 0 Å². The molecule has 5 nitrogen and oxygen atoms in total. The summed E-state index contributed by atoms with van der Waals surface area (Å²) in [6.45, 7) is 0. The van der Waals surface area contributed by atoms with Crippen LogP contribution in [0.1, 0.15) is 24.5 Å². The highest BCUT2D eigenvalue weighted by Gasteiger charge is 2.28. The molecule has 2 aromatic heterocycles. The average molecular weight is 267 g/mol. The molecule has 4 rings (SSSR count). The van der Waals surface area contributed by atoms with Gasteiger partial charge in [0.2, 0.25) is 0 Å². The van der Waals surface area contributed by atoms with Gasteiger partial charge in [0.25, 0.3) is 11.1 Å². The Morgan fingerprint density at radius 3 is 2.50 bits per heavy atom. The molecule has 0 radical (unpaired) electrons. The lowest BCUT2D eigenvalue weighted by atomic mass is 10.2. The van der Waals surface area contributed by atoms with Crippen molar-refractivity contribution in [2.24, 2.45) is 0 Å². The number of para-hydroxylation sites is 1. The van der Waals surface area contributed by atoms with Crippen LogP contribution in [0.15, 0.2) is 52.1 Å². The fourth-order valence-corrected chi connectivity index (χ4v) is 2.64. The lowest BCUT2D eigenvalue weighted by molar-refractivity contribution is 0.815. The van der Waals surface area contributed by atoms with Crippen LogP contribution in [-0.2, 0) is 0 Å². The van der Waals surface area contributed by atoms with Crippen molar-refractivity contribution in [3.8, 4) is 5.69 Å². The first kappa shape index (κ1) is 11.3. The van der Waals surface area contributed by atoms with Gasteiger partial charge in [0, 0.05) is 23.5 Å². The predicted molar refractivity (Wildman–Crippen MR) is 75.6 cm³/mol. The summed E-state index contributed by atoms with van der Waals surface area (Å²) >= 11 is 0. The van der Waals surface area contributed by atoms with Crippen molar-refractivity contribution in [3.63, 3.8) is 0 Å². The van der Waals surface area contributed by atoms with E-state index in [4.69, 9.17) is 0 Å². The highest BCUT2D eigenvalue weighted by molar-refractivity contribution is 5.50. The first-order chi connectivity index (χ1) is 9.74. The molecule has 20 heavy (non-hydrogen) atoms. The van der Waals surface area contributed by atoms with E-state index in [0.29, 0.717) is 11.6 Å². The van der Waals surface area contributed by atoms with Gasteiger partial charge >= 0.3 is 0 Å². The summed E-state index contributed by atoms with van der Waals surface area (Å²) in [5.41, 5.74) is 2.10. The summed E-state index contributed by atoms with van der Waals surface area (Å²) in [6.07, 6.45) is 2.19. The van der Waals surface area contributed by atoms with Gasteiger partial charge in [0.05, 0.1) is 0 Å². The highest BCUT2D eigenvalue weighted by Crippen LogP contribution is 2.40. The Morgan fingerprint density at radius 1 is 1.05 bits per heavy atom. The summed E-state index contributed by atoms with van der Waals surface area (Å²) in [5.74, 6) is 0.415. The van der Waals surface area contributed by atoms with Crippen LogP contribution in [0.3, 0.4) is 0 Å². The first-order valence-corrected chi connectivity index (χ1v) is 6.67. The van der Waals surface area contributed by atoms with Crippen molar-refractivity contribution >= 4 is 5.65 Å². The number of nitrogens with one attached hydrogen (secondary N) is 1. The minimum atomic E-state index is -0.264. The van der Waals surface area contributed by atoms with Gasteiger partial charge < -0.3 is 0 Å². The van der Waals surface area contributed by atoms with E-state index in [1.807, 2.05) is 34.9 Å². The lowest BCUT2D eigenvalue weighted by Gasteiger charge is -2.14. The summed E-state index contributed by atoms with van der Waals surface area (Å²) in [5, 5.41) is 2.55. The molecule has 0 bridgehead atoms. The van der Waals surface area contributed by atoms with Crippen molar-refractivity contribution < 1.29 is 0 Å². The summed E-state index contributed by atoms with van der Waals surface area (Å²) in [4.78, 5) is 23.7. The minimum Gasteiger partial charge on any atom is -0.298 e. The SMILES string of the molecule is O=c1cc2n(-c3ccccc3)c(C3CC3)cc(=O)n2[nH]1. The molecule has 1 N–H and O–H groups in total. The maximum Gasteiger partial charge on any atom is 0.272 e. The maximum atomic E-state index is 12.1. The molecule has 0 spiro atoms. The Kier molecular flexibility index (Phi) is 2.24. The van der Waals surface area contributed by atoms with Crippen molar-refractivity contribution in [3.05, 3.63) is 68.9 Å². The van der Waals surface area contributed by atoms with Crippen LogP contribution >= 0.6 is 0 Å². The molecule has 1 aromatic carbocycles. The Balaban J connectivity index is 2.15. The van der Waals surface area contributed by atoms with E-state index in [0.717, 1.165) is 24.2 Å². The Hall–Kier alpha value is -2.56. The molecule has 0 amide bonds. The third-order valence-corrected chi connectivity index (χ3v) is 3.70. The van der Waals surface area contributed by atoms with Crippen LogP contribution in [0.2, 0.25) is 0 Å². The standard InChI is InChI=1S/C15H13N3O2/c19-13-9-14-17(11-4-2-1-3-5-11)12(10-6-7-10)8-15(20)18(14)16-13/h1-5,8-10H,6-7H2,(H,16,19). The van der Waals surface area contributed by atoms with Crippen LogP contribution in [0.4, 0.5) is 0 Å². The Morgan fingerprint density at radius 2 is 1.80 bits per heavy atom. The number of nitrogens with zero attached hydrogens (tertiary/aromatic N) is 2. The van der Waals surface area contributed by atoms with E-state index < -0.39 is 0 Å². The van der Waals surface area contributed by atoms with Gasteiger partial charge in [-0.1, -0.05) is 18.2 Å². The van der Waals surface area contributed by atoms with E-state index in [9.17, 15) is 9.59 Å². The molecule has 3 aromatic rings. The normalized spacial score (nSPS) is 14.8. The number of rotatable bonds is 2. The number of aromatic amines is 1. The second kappa shape index (κ2) is 3.96. The van der Waals surface area contributed by atoms with Gasteiger partial charge in [0.15, 0.2) is 0 Å². The first-order valence-electron chi connectivity index (χ1n) is 6.67. The molecule has 0 saturated heterocycles. The number of H-pyrrole nitrogens is 1. The van der Waals surface area contributed by atoms with Gasteiger partial charge in [-0.05, 0) is 30.9 Å². The maximum absolute atomic E-state index is 12.1. The number of aromatic nitrogens is 3. The number of benzene rings is 1. The van der Waals surface area contributed by atoms with Crippen LogP contribution < -0.4 is 11.1 Å². The number of hydrogen-bond acceptors (Lipinski definition) is 2. The van der Waals surface area contributed by atoms with Crippen LogP contribution in [0.5, 0.6) is 0 Å². The van der Waals surface area contributed by atoms with Gasteiger partial charge in [-0.2, -0.15) is 4.52 Å². The highest BCUT2D eigenvalue weighted by atomic mass is 16.1. The average Bonchev–Trinajstić information content (AvgIpc) is 3.22. The van der Waals surface area contributed by atoms with Crippen LogP contribution in [0.25, 0.3) is 11.3 Å². The zero-order valence-electron chi connectivity index (χ0n) is 10.7. The molecule has 100 valence electrons.